The van der Waals surface area contributed by atoms with E-state index in [2.05, 4.69) is 15.3 Å². The lowest BCUT2D eigenvalue weighted by Gasteiger charge is -2.12. The smallest absolute Gasteiger partial charge is 0.223 e. The van der Waals surface area contributed by atoms with Gasteiger partial charge in [0.25, 0.3) is 0 Å². The molecule has 7 heteroatoms. The highest BCUT2D eigenvalue weighted by Gasteiger charge is 2.15. The van der Waals surface area contributed by atoms with Gasteiger partial charge in [-0.1, -0.05) is 12.1 Å². The number of fused-ring (bicyclic) bond motifs is 1. The minimum Gasteiger partial charge on any atom is -0.369 e. The van der Waals surface area contributed by atoms with Crippen molar-refractivity contribution in [1.82, 2.24) is 19.3 Å². The molecule has 0 aliphatic carbocycles. The third kappa shape index (κ3) is 3.19. The molecule has 0 saturated heterocycles. The molecule has 1 aromatic carbocycles. The molecule has 2 aromatic heterocycles. The van der Waals surface area contributed by atoms with E-state index in [1.54, 1.807) is 49.7 Å². The molecule has 0 spiro atoms. The van der Waals surface area contributed by atoms with Crippen molar-refractivity contribution in [3.05, 3.63) is 48.7 Å². The lowest BCUT2D eigenvalue weighted by atomic mass is 10.1. The maximum atomic E-state index is 13.6. The van der Waals surface area contributed by atoms with Crippen LogP contribution in [0.15, 0.2) is 42.9 Å². The third-order valence-electron chi connectivity index (χ3n) is 3.66. The molecular weight excluding hydrogens is 309 g/mol. The monoisotopic (exact) mass is 327 g/mol. The number of amides is 1. The number of halogens is 1. The van der Waals surface area contributed by atoms with Gasteiger partial charge in [-0.2, -0.15) is 0 Å². The first-order valence-corrected chi connectivity index (χ1v) is 7.58. The summed E-state index contributed by atoms with van der Waals surface area (Å²) in [4.78, 5) is 21.9. The Morgan fingerprint density at radius 1 is 1.38 bits per heavy atom. The number of carbonyl (C=O) groups is 1. The summed E-state index contributed by atoms with van der Waals surface area (Å²) in [5.74, 6) is 0.422. The Bertz CT molecular complexity index is 874. The van der Waals surface area contributed by atoms with Crippen LogP contribution in [0.5, 0.6) is 0 Å². The highest BCUT2D eigenvalue weighted by Crippen LogP contribution is 2.28. The number of nitrogens with zero attached hydrogens (tertiary/aromatic N) is 4. The zero-order valence-corrected chi connectivity index (χ0v) is 13.5. The normalized spacial score (nSPS) is 10.8. The largest absolute Gasteiger partial charge is 0.369 e. The van der Waals surface area contributed by atoms with E-state index in [9.17, 15) is 9.18 Å². The number of imidazole rings is 1. The van der Waals surface area contributed by atoms with Crippen molar-refractivity contribution < 1.29 is 9.18 Å². The van der Waals surface area contributed by atoms with Crippen LogP contribution in [-0.2, 0) is 4.79 Å². The molecule has 24 heavy (non-hydrogen) atoms. The van der Waals surface area contributed by atoms with Crippen LogP contribution in [-0.4, -0.2) is 45.8 Å². The SMILES string of the molecule is CN(C)C(=O)CCNc1c(-c2cccc(F)c2)nc2cnccn12. The second kappa shape index (κ2) is 6.66. The Morgan fingerprint density at radius 3 is 2.96 bits per heavy atom. The fourth-order valence-electron chi connectivity index (χ4n) is 2.42. The first-order valence-electron chi connectivity index (χ1n) is 7.58. The van der Waals surface area contributed by atoms with Crippen LogP contribution in [0, 0.1) is 5.82 Å². The molecule has 0 atom stereocenters. The van der Waals surface area contributed by atoms with Gasteiger partial charge in [-0.15, -0.1) is 0 Å². The number of nitrogens with one attached hydrogen (secondary N) is 1. The van der Waals surface area contributed by atoms with Gasteiger partial charge in [0.05, 0.1) is 6.20 Å². The highest BCUT2D eigenvalue weighted by atomic mass is 19.1. The summed E-state index contributed by atoms with van der Waals surface area (Å²) >= 11 is 0. The van der Waals surface area contributed by atoms with E-state index in [4.69, 9.17) is 0 Å². The third-order valence-corrected chi connectivity index (χ3v) is 3.66. The predicted molar refractivity (Wildman–Crippen MR) is 90.2 cm³/mol. The maximum Gasteiger partial charge on any atom is 0.223 e. The molecule has 0 fully saturated rings. The van der Waals surface area contributed by atoms with Crippen molar-refractivity contribution in [1.29, 1.82) is 0 Å². The van der Waals surface area contributed by atoms with E-state index in [-0.39, 0.29) is 11.7 Å². The average molecular weight is 327 g/mol. The molecular formula is C17H18FN5O. The minimum absolute atomic E-state index is 0.0327. The number of benzene rings is 1. The summed E-state index contributed by atoms with van der Waals surface area (Å²) in [6.07, 6.45) is 5.42. The molecule has 124 valence electrons. The van der Waals surface area contributed by atoms with Crippen molar-refractivity contribution in [3.8, 4) is 11.3 Å². The Balaban J connectivity index is 1.95. The van der Waals surface area contributed by atoms with Crippen LogP contribution in [0.25, 0.3) is 16.9 Å². The molecule has 1 amide bonds. The van der Waals surface area contributed by atoms with Gasteiger partial charge in [-0.05, 0) is 12.1 Å². The molecule has 2 heterocycles. The molecule has 0 unspecified atom stereocenters. The second-order valence-corrected chi connectivity index (χ2v) is 5.59. The van der Waals surface area contributed by atoms with Crippen molar-refractivity contribution in [2.45, 2.75) is 6.42 Å². The molecule has 0 aliphatic heterocycles. The van der Waals surface area contributed by atoms with E-state index in [0.29, 0.717) is 35.7 Å². The van der Waals surface area contributed by atoms with E-state index in [1.165, 1.54) is 12.1 Å². The number of rotatable bonds is 5. The van der Waals surface area contributed by atoms with Gasteiger partial charge in [-0.3, -0.25) is 14.2 Å². The van der Waals surface area contributed by atoms with E-state index in [0.717, 1.165) is 0 Å². The Hall–Kier alpha value is -2.96. The van der Waals surface area contributed by atoms with E-state index < -0.39 is 0 Å². The predicted octanol–water partition coefficient (Wildman–Crippen LogP) is 2.43. The highest BCUT2D eigenvalue weighted by molar-refractivity contribution is 5.78. The Labute approximate surface area is 139 Å². The van der Waals surface area contributed by atoms with Crippen molar-refractivity contribution >= 4 is 17.4 Å². The van der Waals surface area contributed by atoms with Gasteiger partial charge >= 0.3 is 0 Å². The standard InChI is InChI=1S/C17H18FN5O/c1-22(2)15(24)6-7-20-17-16(12-4-3-5-13(18)10-12)21-14-11-19-8-9-23(14)17/h3-5,8-11,20H,6-7H2,1-2H3. The maximum absolute atomic E-state index is 13.6. The molecule has 0 aliphatic rings. The Kier molecular flexibility index (Phi) is 4.41. The topological polar surface area (TPSA) is 62.5 Å². The summed E-state index contributed by atoms with van der Waals surface area (Å²) < 4.78 is 15.4. The van der Waals surface area contributed by atoms with Crippen molar-refractivity contribution in [3.63, 3.8) is 0 Å². The molecule has 3 rings (SSSR count). The minimum atomic E-state index is -0.323. The number of hydrogen-bond donors (Lipinski definition) is 1. The first kappa shape index (κ1) is 15.9. The van der Waals surface area contributed by atoms with Crippen LogP contribution >= 0.6 is 0 Å². The molecule has 0 saturated carbocycles. The zero-order valence-electron chi connectivity index (χ0n) is 13.5. The second-order valence-electron chi connectivity index (χ2n) is 5.59. The van der Waals surface area contributed by atoms with E-state index >= 15 is 0 Å². The quantitative estimate of drug-likeness (QED) is 0.782. The summed E-state index contributed by atoms with van der Waals surface area (Å²) in [6, 6.07) is 6.27. The van der Waals surface area contributed by atoms with Gasteiger partial charge < -0.3 is 10.2 Å². The summed E-state index contributed by atoms with van der Waals surface area (Å²) in [5, 5.41) is 3.24. The number of aromatic nitrogens is 3. The fourth-order valence-corrected chi connectivity index (χ4v) is 2.42. The van der Waals surface area contributed by atoms with Gasteiger partial charge in [0.2, 0.25) is 5.91 Å². The van der Waals surface area contributed by atoms with Gasteiger partial charge in [0.15, 0.2) is 5.65 Å². The van der Waals surface area contributed by atoms with Crippen LogP contribution in [0.4, 0.5) is 10.2 Å². The molecule has 0 bridgehead atoms. The Morgan fingerprint density at radius 2 is 2.21 bits per heavy atom. The molecule has 6 nitrogen and oxygen atoms in total. The lowest BCUT2D eigenvalue weighted by Crippen LogP contribution is -2.24. The summed E-state index contributed by atoms with van der Waals surface area (Å²) in [7, 11) is 3.45. The van der Waals surface area contributed by atoms with Crippen LogP contribution in [0.1, 0.15) is 6.42 Å². The number of carbonyl (C=O) groups excluding carboxylic acids is 1. The van der Waals surface area contributed by atoms with Gasteiger partial charge in [0, 0.05) is 45.0 Å². The molecule has 1 N–H and O–H groups in total. The summed E-state index contributed by atoms with van der Waals surface area (Å²) in [6.45, 7) is 0.454. The summed E-state index contributed by atoms with van der Waals surface area (Å²) in [5.41, 5.74) is 1.94. The van der Waals surface area contributed by atoms with Crippen molar-refractivity contribution in [2.75, 3.05) is 26.0 Å². The molecule has 0 radical (unpaired) electrons. The van der Waals surface area contributed by atoms with E-state index in [1.807, 2.05) is 4.40 Å². The first-order chi connectivity index (χ1) is 11.6. The van der Waals surface area contributed by atoms with Gasteiger partial charge in [-0.25, -0.2) is 9.37 Å². The van der Waals surface area contributed by atoms with Crippen LogP contribution < -0.4 is 5.32 Å². The zero-order chi connectivity index (χ0) is 17.1. The lowest BCUT2D eigenvalue weighted by molar-refractivity contribution is -0.128. The molecule has 3 aromatic rings. The number of anilines is 1. The fraction of sp³-hybridized carbons (Fsp3) is 0.235. The number of hydrogen-bond acceptors (Lipinski definition) is 4. The van der Waals surface area contributed by atoms with Crippen LogP contribution in [0.2, 0.25) is 0 Å². The van der Waals surface area contributed by atoms with Crippen LogP contribution in [0.3, 0.4) is 0 Å². The average Bonchev–Trinajstić information content (AvgIpc) is 2.93. The van der Waals surface area contributed by atoms with Crippen molar-refractivity contribution in [2.24, 2.45) is 0 Å². The van der Waals surface area contributed by atoms with Gasteiger partial charge in [0.1, 0.15) is 17.3 Å².